The molecule has 1 saturated heterocycles. The highest BCUT2D eigenvalue weighted by Crippen LogP contribution is 2.30. The molecule has 1 heterocycles. The summed E-state index contributed by atoms with van der Waals surface area (Å²) in [6.45, 7) is 0. The molecule has 58 valence electrons. The van der Waals surface area contributed by atoms with Crippen molar-refractivity contribution in [3.05, 3.63) is 0 Å². The van der Waals surface area contributed by atoms with E-state index >= 15 is 0 Å². The van der Waals surface area contributed by atoms with Gasteiger partial charge in [0.05, 0.1) is 0 Å². The van der Waals surface area contributed by atoms with Crippen LogP contribution in [0.25, 0.3) is 0 Å². The summed E-state index contributed by atoms with van der Waals surface area (Å²) >= 11 is 2.03. The molecule has 0 aromatic carbocycles. The van der Waals surface area contributed by atoms with E-state index in [9.17, 15) is 0 Å². The standard InChI is InChI=1S/C7H14N2S/c8-9(6-1-2-6)7-3-4-10-5-7/h6-7H,1-5,8H2/t7-/m1/s1. The monoisotopic (exact) mass is 158 g/mol. The van der Waals surface area contributed by atoms with E-state index in [1.807, 2.05) is 11.8 Å². The minimum absolute atomic E-state index is 0.692. The average molecular weight is 158 g/mol. The number of thioether (sulfide) groups is 1. The lowest BCUT2D eigenvalue weighted by atomic mass is 10.2. The lowest BCUT2D eigenvalue weighted by Gasteiger charge is -2.21. The molecule has 1 atom stereocenters. The first-order chi connectivity index (χ1) is 4.88. The maximum atomic E-state index is 5.90. The van der Waals surface area contributed by atoms with E-state index in [0.717, 1.165) is 6.04 Å². The van der Waals surface area contributed by atoms with Gasteiger partial charge in [-0.1, -0.05) is 0 Å². The molecule has 10 heavy (non-hydrogen) atoms. The summed E-state index contributed by atoms with van der Waals surface area (Å²) in [7, 11) is 0. The van der Waals surface area contributed by atoms with Gasteiger partial charge in [0.25, 0.3) is 0 Å². The molecule has 0 spiro atoms. The van der Waals surface area contributed by atoms with Gasteiger partial charge in [-0.15, -0.1) is 0 Å². The molecule has 0 unspecified atom stereocenters. The zero-order valence-electron chi connectivity index (χ0n) is 6.12. The Morgan fingerprint density at radius 2 is 2.00 bits per heavy atom. The number of nitrogens with zero attached hydrogens (tertiary/aromatic N) is 1. The fourth-order valence-electron chi connectivity index (χ4n) is 1.43. The van der Waals surface area contributed by atoms with Crippen LogP contribution in [0.3, 0.4) is 0 Å². The van der Waals surface area contributed by atoms with Gasteiger partial charge in [-0.05, 0) is 25.0 Å². The third kappa shape index (κ3) is 1.31. The van der Waals surface area contributed by atoms with Gasteiger partial charge in [-0.3, -0.25) is 5.84 Å². The minimum Gasteiger partial charge on any atom is -0.268 e. The lowest BCUT2D eigenvalue weighted by molar-refractivity contribution is 0.208. The van der Waals surface area contributed by atoms with Gasteiger partial charge in [0.2, 0.25) is 0 Å². The van der Waals surface area contributed by atoms with Crippen molar-refractivity contribution in [2.75, 3.05) is 11.5 Å². The summed E-state index contributed by atoms with van der Waals surface area (Å²) in [4.78, 5) is 0. The highest BCUT2D eigenvalue weighted by atomic mass is 32.2. The van der Waals surface area contributed by atoms with Crippen molar-refractivity contribution in [2.24, 2.45) is 5.84 Å². The second-order valence-electron chi connectivity index (χ2n) is 3.20. The molecule has 2 aliphatic rings. The predicted molar refractivity (Wildman–Crippen MR) is 44.8 cm³/mol. The SMILES string of the molecule is NN(C1CC1)[C@@H]1CCSC1. The van der Waals surface area contributed by atoms with Crippen molar-refractivity contribution in [3.63, 3.8) is 0 Å². The van der Waals surface area contributed by atoms with Gasteiger partial charge >= 0.3 is 0 Å². The third-order valence-electron chi connectivity index (χ3n) is 2.30. The van der Waals surface area contributed by atoms with Crippen LogP contribution in [0, 0.1) is 0 Å². The van der Waals surface area contributed by atoms with Gasteiger partial charge in [-0.25, -0.2) is 5.01 Å². The Balaban J connectivity index is 1.84. The largest absolute Gasteiger partial charge is 0.268 e. The van der Waals surface area contributed by atoms with Crippen molar-refractivity contribution in [3.8, 4) is 0 Å². The average Bonchev–Trinajstić information content (AvgIpc) is 2.65. The molecular formula is C7H14N2S. The molecule has 2 nitrogen and oxygen atoms in total. The van der Waals surface area contributed by atoms with E-state index in [0.29, 0.717) is 6.04 Å². The Morgan fingerprint density at radius 1 is 1.20 bits per heavy atom. The van der Waals surface area contributed by atoms with Gasteiger partial charge in [0, 0.05) is 17.8 Å². The van der Waals surface area contributed by atoms with Gasteiger partial charge in [0.1, 0.15) is 0 Å². The quantitative estimate of drug-likeness (QED) is 0.477. The predicted octanol–water partition coefficient (Wildman–Crippen LogP) is 0.830. The Hall–Kier alpha value is 0.270. The zero-order chi connectivity index (χ0) is 6.97. The molecule has 1 aliphatic heterocycles. The van der Waals surface area contributed by atoms with Gasteiger partial charge in [0.15, 0.2) is 0 Å². The molecule has 2 fully saturated rings. The van der Waals surface area contributed by atoms with Crippen molar-refractivity contribution >= 4 is 11.8 Å². The number of rotatable bonds is 2. The fraction of sp³-hybridized carbons (Fsp3) is 1.00. The Bertz CT molecular complexity index is 119. The maximum Gasteiger partial charge on any atom is 0.0342 e. The van der Waals surface area contributed by atoms with Crippen LogP contribution in [0.1, 0.15) is 19.3 Å². The Labute approximate surface area is 66.1 Å². The first-order valence-corrected chi connectivity index (χ1v) is 5.14. The van der Waals surface area contributed by atoms with Crippen LogP contribution in [0.5, 0.6) is 0 Å². The maximum absolute atomic E-state index is 5.90. The van der Waals surface area contributed by atoms with Crippen LogP contribution in [-0.2, 0) is 0 Å². The first kappa shape index (κ1) is 6.95. The smallest absolute Gasteiger partial charge is 0.0342 e. The lowest BCUT2D eigenvalue weighted by Crippen LogP contribution is -2.42. The Morgan fingerprint density at radius 3 is 2.50 bits per heavy atom. The number of nitrogens with two attached hydrogens (primary N) is 1. The fourth-order valence-corrected chi connectivity index (χ4v) is 2.64. The van der Waals surface area contributed by atoms with Gasteiger partial charge in [-0.2, -0.15) is 11.8 Å². The van der Waals surface area contributed by atoms with Gasteiger partial charge < -0.3 is 0 Å². The zero-order valence-corrected chi connectivity index (χ0v) is 6.94. The summed E-state index contributed by atoms with van der Waals surface area (Å²) in [6, 6.07) is 1.43. The van der Waals surface area contributed by atoms with E-state index in [-0.39, 0.29) is 0 Å². The molecule has 0 amide bonds. The molecule has 2 rings (SSSR count). The molecule has 1 saturated carbocycles. The highest BCUT2D eigenvalue weighted by molar-refractivity contribution is 7.99. The molecule has 0 radical (unpaired) electrons. The van der Waals surface area contributed by atoms with Crippen molar-refractivity contribution in [2.45, 2.75) is 31.3 Å². The summed E-state index contributed by atoms with van der Waals surface area (Å²) in [6.07, 6.45) is 3.97. The summed E-state index contributed by atoms with van der Waals surface area (Å²) in [5.41, 5.74) is 0. The number of hydrazine groups is 1. The second-order valence-corrected chi connectivity index (χ2v) is 4.35. The third-order valence-corrected chi connectivity index (χ3v) is 3.44. The van der Waals surface area contributed by atoms with Crippen molar-refractivity contribution in [1.29, 1.82) is 0 Å². The normalized spacial score (nSPS) is 33.6. The van der Waals surface area contributed by atoms with Crippen LogP contribution in [0.15, 0.2) is 0 Å². The van der Waals surface area contributed by atoms with Crippen LogP contribution in [0.2, 0.25) is 0 Å². The Kier molecular flexibility index (Phi) is 1.89. The van der Waals surface area contributed by atoms with E-state index in [1.165, 1.54) is 30.8 Å². The summed E-state index contributed by atoms with van der Waals surface area (Å²) in [5.74, 6) is 8.47. The minimum atomic E-state index is 0.692. The molecule has 1 aliphatic carbocycles. The molecule has 0 aromatic heterocycles. The molecule has 3 heteroatoms. The number of hydrogen-bond donors (Lipinski definition) is 1. The van der Waals surface area contributed by atoms with Crippen molar-refractivity contribution < 1.29 is 0 Å². The summed E-state index contributed by atoms with van der Waals surface area (Å²) < 4.78 is 0. The van der Waals surface area contributed by atoms with Crippen molar-refractivity contribution in [1.82, 2.24) is 5.01 Å². The van der Waals surface area contributed by atoms with Crippen LogP contribution < -0.4 is 5.84 Å². The van der Waals surface area contributed by atoms with Crippen LogP contribution in [0.4, 0.5) is 0 Å². The number of hydrogen-bond acceptors (Lipinski definition) is 3. The molecule has 0 bridgehead atoms. The topological polar surface area (TPSA) is 29.3 Å². The van der Waals surface area contributed by atoms with E-state index < -0.39 is 0 Å². The van der Waals surface area contributed by atoms with E-state index in [1.54, 1.807) is 0 Å². The molecule has 2 N–H and O–H groups in total. The molecular weight excluding hydrogens is 144 g/mol. The van der Waals surface area contributed by atoms with Crippen LogP contribution >= 0.6 is 11.8 Å². The first-order valence-electron chi connectivity index (χ1n) is 3.98. The molecule has 0 aromatic rings. The van der Waals surface area contributed by atoms with Crippen LogP contribution in [-0.4, -0.2) is 28.6 Å². The highest BCUT2D eigenvalue weighted by Gasteiger charge is 2.33. The second kappa shape index (κ2) is 2.72. The van der Waals surface area contributed by atoms with E-state index in [4.69, 9.17) is 5.84 Å². The summed E-state index contributed by atoms with van der Waals surface area (Å²) in [5, 5.41) is 2.10. The van der Waals surface area contributed by atoms with E-state index in [2.05, 4.69) is 5.01 Å².